The van der Waals surface area contributed by atoms with Crippen molar-refractivity contribution in [3.63, 3.8) is 0 Å². The second-order valence-corrected chi connectivity index (χ2v) is 9.26. The van der Waals surface area contributed by atoms with Crippen LogP contribution in [0.5, 0.6) is 0 Å². The van der Waals surface area contributed by atoms with Crippen molar-refractivity contribution >= 4 is 27.8 Å². The molecule has 1 aliphatic heterocycles. The first-order valence-electron chi connectivity index (χ1n) is 10.2. The average Bonchev–Trinajstić information content (AvgIpc) is 2.73. The number of esters is 1. The number of nitrogens with zero attached hydrogens (tertiary/aromatic N) is 2. The van der Waals surface area contributed by atoms with E-state index in [1.165, 1.54) is 8.61 Å². The molecule has 9 heteroatoms. The van der Waals surface area contributed by atoms with Gasteiger partial charge in [0.25, 0.3) is 10.2 Å². The topological polar surface area (TPSA) is 96.0 Å². The molecule has 166 valence electrons. The van der Waals surface area contributed by atoms with Gasteiger partial charge in [0.05, 0.1) is 24.4 Å². The minimum atomic E-state index is -3.78. The van der Waals surface area contributed by atoms with E-state index >= 15 is 0 Å². The van der Waals surface area contributed by atoms with Gasteiger partial charge in [0, 0.05) is 19.6 Å². The quantitative estimate of drug-likeness (QED) is 0.661. The number of ether oxygens (including phenoxy) is 1. The number of para-hydroxylation sites is 1. The zero-order valence-electron chi connectivity index (χ0n) is 17.7. The smallest absolute Gasteiger partial charge is 0.340 e. The molecule has 0 saturated carbocycles. The van der Waals surface area contributed by atoms with Crippen LogP contribution >= 0.6 is 0 Å². The Morgan fingerprint density at radius 2 is 1.71 bits per heavy atom. The third-order valence-electron chi connectivity index (χ3n) is 4.96. The van der Waals surface area contributed by atoms with Gasteiger partial charge in [0.2, 0.25) is 5.91 Å². The van der Waals surface area contributed by atoms with Gasteiger partial charge in [-0.15, -0.1) is 0 Å². The van der Waals surface area contributed by atoms with Gasteiger partial charge in [-0.05, 0) is 38.0 Å². The minimum Gasteiger partial charge on any atom is -0.462 e. The molecule has 31 heavy (non-hydrogen) atoms. The van der Waals surface area contributed by atoms with Gasteiger partial charge in [-0.3, -0.25) is 4.79 Å². The van der Waals surface area contributed by atoms with Gasteiger partial charge < -0.3 is 10.1 Å². The fourth-order valence-electron chi connectivity index (χ4n) is 3.36. The van der Waals surface area contributed by atoms with E-state index in [4.69, 9.17) is 4.74 Å². The lowest BCUT2D eigenvalue weighted by Crippen LogP contribution is -2.51. The first-order valence-corrected chi connectivity index (χ1v) is 11.6. The summed E-state index contributed by atoms with van der Waals surface area (Å²) < 4.78 is 33.6. The summed E-state index contributed by atoms with van der Waals surface area (Å²) in [5.74, 6) is -1.06. The molecule has 1 amide bonds. The van der Waals surface area contributed by atoms with Crippen LogP contribution in [0.25, 0.3) is 0 Å². The van der Waals surface area contributed by atoms with Crippen molar-refractivity contribution in [1.29, 1.82) is 0 Å². The van der Waals surface area contributed by atoms with E-state index in [2.05, 4.69) is 5.32 Å². The molecular weight excluding hydrogens is 418 g/mol. The molecule has 0 radical (unpaired) electrons. The van der Waals surface area contributed by atoms with Gasteiger partial charge in [-0.1, -0.05) is 42.0 Å². The Balaban J connectivity index is 1.68. The van der Waals surface area contributed by atoms with Crippen LogP contribution in [0.3, 0.4) is 0 Å². The van der Waals surface area contributed by atoms with Crippen molar-refractivity contribution in [3.05, 3.63) is 65.2 Å². The van der Waals surface area contributed by atoms with E-state index in [9.17, 15) is 18.0 Å². The summed E-state index contributed by atoms with van der Waals surface area (Å²) in [4.78, 5) is 24.7. The highest BCUT2D eigenvalue weighted by Crippen LogP contribution is 2.21. The lowest BCUT2D eigenvalue weighted by molar-refractivity contribution is -0.116. The Morgan fingerprint density at radius 3 is 2.42 bits per heavy atom. The van der Waals surface area contributed by atoms with E-state index in [1.54, 1.807) is 31.2 Å². The Morgan fingerprint density at radius 1 is 1.03 bits per heavy atom. The molecule has 0 atom stereocenters. The zero-order chi connectivity index (χ0) is 22.4. The number of benzene rings is 2. The molecule has 1 N–H and O–H groups in total. The summed E-state index contributed by atoms with van der Waals surface area (Å²) >= 11 is 0. The molecule has 0 bridgehead atoms. The number of carbonyl (C=O) groups is 2. The van der Waals surface area contributed by atoms with E-state index in [-0.39, 0.29) is 37.5 Å². The van der Waals surface area contributed by atoms with Crippen molar-refractivity contribution in [3.8, 4) is 0 Å². The van der Waals surface area contributed by atoms with Crippen LogP contribution in [0.4, 0.5) is 5.69 Å². The zero-order valence-corrected chi connectivity index (χ0v) is 18.5. The third kappa shape index (κ3) is 5.69. The summed E-state index contributed by atoms with van der Waals surface area (Å²) in [6.45, 7) is 4.48. The van der Waals surface area contributed by atoms with E-state index in [0.717, 1.165) is 11.1 Å². The second kappa shape index (κ2) is 10.0. The number of rotatable bonds is 7. The number of anilines is 1. The molecule has 0 spiro atoms. The minimum absolute atomic E-state index is 0.212. The first kappa shape index (κ1) is 22.9. The van der Waals surface area contributed by atoms with Crippen LogP contribution < -0.4 is 5.32 Å². The summed E-state index contributed by atoms with van der Waals surface area (Å²) in [6.07, 6.45) is 0.623. The SMILES string of the molecule is CCOC(=O)c1ccccc1NC(=O)CN1CCCN(Cc2ccc(C)cc2)S1(=O)=O. The van der Waals surface area contributed by atoms with Crippen molar-refractivity contribution in [1.82, 2.24) is 8.61 Å². The fourth-order valence-corrected chi connectivity index (χ4v) is 5.00. The van der Waals surface area contributed by atoms with Crippen molar-refractivity contribution in [2.24, 2.45) is 0 Å². The number of hydrogen-bond donors (Lipinski definition) is 1. The molecule has 3 rings (SSSR count). The summed E-state index contributed by atoms with van der Waals surface area (Å²) in [7, 11) is -3.78. The van der Waals surface area contributed by atoms with Crippen molar-refractivity contribution < 1.29 is 22.7 Å². The largest absolute Gasteiger partial charge is 0.462 e. The van der Waals surface area contributed by atoms with Crippen LogP contribution in [0, 0.1) is 6.92 Å². The Hall–Kier alpha value is -2.75. The molecule has 1 saturated heterocycles. The molecule has 8 nitrogen and oxygen atoms in total. The average molecular weight is 446 g/mol. The Labute approximate surface area is 183 Å². The number of aryl methyl sites for hydroxylation is 1. The normalized spacial score (nSPS) is 16.6. The highest BCUT2D eigenvalue weighted by atomic mass is 32.2. The van der Waals surface area contributed by atoms with Crippen molar-refractivity contribution in [2.45, 2.75) is 26.8 Å². The summed E-state index contributed by atoms with van der Waals surface area (Å²) in [5.41, 5.74) is 2.51. The number of hydrogen-bond acceptors (Lipinski definition) is 5. The highest BCUT2D eigenvalue weighted by molar-refractivity contribution is 7.86. The maximum Gasteiger partial charge on any atom is 0.340 e. The van der Waals surface area contributed by atoms with Crippen LogP contribution in [-0.4, -0.2) is 55.1 Å². The predicted octanol–water partition coefficient (Wildman–Crippen LogP) is 2.56. The molecule has 0 unspecified atom stereocenters. The van der Waals surface area contributed by atoms with Gasteiger partial charge in [0.15, 0.2) is 0 Å². The first-order chi connectivity index (χ1) is 14.8. The number of nitrogens with one attached hydrogen (secondary N) is 1. The standard InChI is InChI=1S/C22H27N3O5S/c1-3-30-22(27)19-7-4-5-8-20(19)23-21(26)16-25-14-6-13-24(31(25,28)29)15-18-11-9-17(2)10-12-18/h4-5,7-12H,3,6,13-16H2,1-2H3,(H,23,26). The lowest BCUT2D eigenvalue weighted by Gasteiger charge is -2.34. The molecular formula is C22H27N3O5S. The van der Waals surface area contributed by atoms with E-state index < -0.39 is 22.1 Å². The summed E-state index contributed by atoms with van der Waals surface area (Å²) in [5, 5.41) is 2.64. The van der Waals surface area contributed by atoms with Gasteiger partial charge in [0.1, 0.15) is 0 Å². The molecule has 1 aliphatic rings. The van der Waals surface area contributed by atoms with Crippen LogP contribution in [0.2, 0.25) is 0 Å². The van der Waals surface area contributed by atoms with E-state index in [0.29, 0.717) is 13.0 Å². The molecule has 0 aromatic heterocycles. The van der Waals surface area contributed by atoms with Crippen molar-refractivity contribution in [2.75, 3.05) is 31.6 Å². The fraction of sp³-hybridized carbons (Fsp3) is 0.364. The lowest BCUT2D eigenvalue weighted by atomic mass is 10.1. The van der Waals surface area contributed by atoms with Gasteiger partial charge >= 0.3 is 5.97 Å². The molecule has 0 aliphatic carbocycles. The Bertz CT molecular complexity index is 1040. The highest BCUT2D eigenvalue weighted by Gasteiger charge is 2.34. The van der Waals surface area contributed by atoms with Crippen LogP contribution in [0.15, 0.2) is 48.5 Å². The monoisotopic (exact) mass is 445 g/mol. The number of amides is 1. The van der Waals surface area contributed by atoms with Crippen LogP contribution in [-0.2, 0) is 26.3 Å². The van der Waals surface area contributed by atoms with E-state index in [1.807, 2.05) is 31.2 Å². The Kier molecular flexibility index (Phi) is 7.42. The second-order valence-electron chi connectivity index (χ2n) is 7.33. The third-order valence-corrected chi connectivity index (χ3v) is 6.89. The van der Waals surface area contributed by atoms with Gasteiger partial charge in [-0.2, -0.15) is 17.0 Å². The molecule has 1 fully saturated rings. The molecule has 2 aromatic carbocycles. The summed E-state index contributed by atoms with van der Waals surface area (Å²) in [6, 6.07) is 14.2. The maximum absolute atomic E-state index is 13.0. The number of carbonyl (C=O) groups excluding carboxylic acids is 2. The van der Waals surface area contributed by atoms with Crippen LogP contribution in [0.1, 0.15) is 34.8 Å². The predicted molar refractivity (Wildman–Crippen MR) is 118 cm³/mol. The maximum atomic E-state index is 13.0. The molecule has 2 aromatic rings. The van der Waals surface area contributed by atoms with Gasteiger partial charge in [-0.25, -0.2) is 4.79 Å². The molecule has 1 heterocycles.